The van der Waals surface area contributed by atoms with Crippen molar-refractivity contribution < 1.29 is 9.90 Å². The SMILES string of the molecule is C=C1/C=C(C(=O)C2=CCCC=C2)\C=C/CC(/C=C\C)=C(/CC)C1(C)C.CC.CC(O)c1ccc2c(c1)C(C)(C)c1ccccc1-2. The molecule has 45 heavy (non-hydrogen) atoms. The van der Waals surface area contributed by atoms with Gasteiger partial charge in [-0.1, -0.05) is 146 Å². The van der Waals surface area contributed by atoms with Crippen LogP contribution in [0.1, 0.15) is 111 Å². The van der Waals surface area contributed by atoms with Crippen molar-refractivity contribution >= 4 is 5.78 Å². The molecule has 238 valence electrons. The quantitative estimate of drug-likeness (QED) is 0.370. The van der Waals surface area contributed by atoms with E-state index in [1.807, 2.05) is 58.1 Å². The summed E-state index contributed by atoms with van der Waals surface area (Å²) in [4.78, 5) is 12.9. The standard InChI is InChI=1S/C24H30O.C17H18O.C2H6/c1-6-12-19-15-11-16-21(23(25)20-13-9-8-10-14-20)17-18(3)24(4,5)22(19)7-2;1-11(18)12-8-9-14-13-6-4-5-7-15(13)17(2,3)16(14)10-12;1-2/h6,9,11-14,16-17H,3,7-8,10,15H2,1-2,4-5H3;4-11,18H,1-3H3;1-2H3/b12-6-,16-11-,21-17+,22-19-;;. The Labute approximate surface area is 273 Å². The second-order valence-electron chi connectivity index (χ2n) is 12.8. The maximum Gasteiger partial charge on any atom is 0.192 e. The topological polar surface area (TPSA) is 37.3 Å². The molecule has 3 aliphatic rings. The molecule has 2 heteroatoms. The number of rotatable bonds is 5. The average Bonchev–Trinajstić information content (AvgIpc) is 3.29. The maximum absolute atomic E-state index is 12.9. The number of hydrogen-bond acceptors (Lipinski definition) is 2. The summed E-state index contributed by atoms with van der Waals surface area (Å²) in [6.07, 6.45) is 19.8. The number of carbonyl (C=O) groups is 1. The van der Waals surface area contributed by atoms with E-state index in [1.165, 1.54) is 33.4 Å². The lowest BCUT2D eigenvalue weighted by Gasteiger charge is -2.31. The van der Waals surface area contributed by atoms with Crippen LogP contribution in [-0.2, 0) is 10.2 Å². The second kappa shape index (κ2) is 15.5. The monoisotopic (exact) mass is 602 g/mol. The van der Waals surface area contributed by atoms with Crippen LogP contribution in [-0.4, -0.2) is 10.9 Å². The molecule has 0 saturated heterocycles. The third-order valence-corrected chi connectivity index (χ3v) is 9.24. The molecule has 0 saturated carbocycles. The number of benzene rings is 2. The van der Waals surface area contributed by atoms with Crippen LogP contribution < -0.4 is 0 Å². The zero-order valence-corrected chi connectivity index (χ0v) is 29.1. The first kappa shape index (κ1) is 35.7. The number of aliphatic hydroxyl groups is 1. The molecule has 0 spiro atoms. The smallest absolute Gasteiger partial charge is 0.192 e. The van der Waals surface area contributed by atoms with E-state index < -0.39 is 6.10 Å². The van der Waals surface area contributed by atoms with Gasteiger partial charge in [0.1, 0.15) is 0 Å². The summed E-state index contributed by atoms with van der Waals surface area (Å²) in [6, 6.07) is 14.9. The normalized spacial score (nSPS) is 22.0. The highest BCUT2D eigenvalue weighted by molar-refractivity contribution is 6.12. The predicted octanol–water partition coefficient (Wildman–Crippen LogP) is 11.7. The van der Waals surface area contributed by atoms with Crippen molar-refractivity contribution in [3.8, 4) is 11.1 Å². The van der Waals surface area contributed by atoms with E-state index >= 15 is 0 Å². The minimum Gasteiger partial charge on any atom is -0.389 e. The molecule has 0 aromatic heterocycles. The lowest BCUT2D eigenvalue weighted by Crippen LogP contribution is -2.18. The number of ketones is 1. The fourth-order valence-electron chi connectivity index (χ4n) is 6.56. The summed E-state index contributed by atoms with van der Waals surface area (Å²) in [5.74, 6) is 0.0942. The van der Waals surface area contributed by atoms with Gasteiger partial charge in [-0.3, -0.25) is 4.79 Å². The number of Topliss-reactive ketones (excluding diaryl/α,β-unsaturated/α-hetero) is 1. The molecule has 0 aliphatic heterocycles. The van der Waals surface area contributed by atoms with Gasteiger partial charge in [-0.15, -0.1) is 0 Å². The Morgan fingerprint density at radius 3 is 2.22 bits per heavy atom. The molecule has 5 rings (SSSR count). The Kier molecular flexibility index (Phi) is 12.3. The van der Waals surface area contributed by atoms with Gasteiger partial charge in [0.25, 0.3) is 0 Å². The summed E-state index contributed by atoms with van der Waals surface area (Å²) in [5.41, 5.74) is 11.4. The van der Waals surface area contributed by atoms with Crippen LogP contribution in [0.5, 0.6) is 0 Å². The predicted molar refractivity (Wildman–Crippen MR) is 194 cm³/mol. The molecule has 0 bridgehead atoms. The summed E-state index contributed by atoms with van der Waals surface area (Å²) in [5, 5.41) is 9.74. The molecule has 2 nitrogen and oxygen atoms in total. The number of allylic oxidation sites excluding steroid dienone is 13. The minimum atomic E-state index is -0.408. The van der Waals surface area contributed by atoms with E-state index in [-0.39, 0.29) is 16.6 Å². The van der Waals surface area contributed by atoms with Gasteiger partial charge in [0.15, 0.2) is 5.78 Å². The lowest BCUT2D eigenvalue weighted by atomic mass is 9.73. The van der Waals surface area contributed by atoms with E-state index in [1.54, 1.807) is 0 Å². The highest BCUT2D eigenvalue weighted by atomic mass is 16.3. The van der Waals surface area contributed by atoms with Crippen molar-refractivity contribution in [3.05, 3.63) is 142 Å². The first-order valence-corrected chi connectivity index (χ1v) is 16.7. The molecule has 2 aromatic rings. The highest BCUT2D eigenvalue weighted by Crippen LogP contribution is 2.49. The van der Waals surface area contributed by atoms with Crippen LogP contribution in [0.3, 0.4) is 0 Å². The molecule has 0 heterocycles. The van der Waals surface area contributed by atoms with Gasteiger partial charge in [-0.2, -0.15) is 0 Å². The van der Waals surface area contributed by atoms with Crippen molar-refractivity contribution in [2.24, 2.45) is 5.41 Å². The van der Waals surface area contributed by atoms with Crippen LogP contribution in [0, 0.1) is 5.41 Å². The third-order valence-electron chi connectivity index (χ3n) is 9.24. The maximum atomic E-state index is 12.9. The number of hydrogen-bond donors (Lipinski definition) is 1. The Morgan fingerprint density at radius 2 is 1.60 bits per heavy atom. The van der Waals surface area contributed by atoms with Crippen molar-refractivity contribution in [2.75, 3.05) is 0 Å². The molecular formula is C43H54O2. The third kappa shape index (κ3) is 7.74. The van der Waals surface area contributed by atoms with Crippen molar-refractivity contribution in [3.63, 3.8) is 0 Å². The van der Waals surface area contributed by atoms with Gasteiger partial charge in [0, 0.05) is 22.0 Å². The molecule has 2 aromatic carbocycles. The Hall–Kier alpha value is -3.75. The molecular weight excluding hydrogens is 548 g/mol. The van der Waals surface area contributed by atoms with Crippen LogP contribution >= 0.6 is 0 Å². The number of aliphatic hydroxyl groups excluding tert-OH is 1. The van der Waals surface area contributed by atoms with Crippen LogP contribution in [0.15, 0.2) is 126 Å². The molecule has 1 unspecified atom stereocenters. The van der Waals surface area contributed by atoms with E-state index in [9.17, 15) is 9.90 Å². The van der Waals surface area contributed by atoms with Crippen LogP contribution in [0.4, 0.5) is 0 Å². The Balaban J connectivity index is 0.000000243. The van der Waals surface area contributed by atoms with Crippen molar-refractivity contribution in [2.45, 2.75) is 99.5 Å². The van der Waals surface area contributed by atoms with E-state index in [0.717, 1.165) is 48.0 Å². The fraction of sp³-hybridized carbons (Fsp3) is 0.372. The Morgan fingerprint density at radius 1 is 0.933 bits per heavy atom. The first-order chi connectivity index (χ1) is 21.4. The molecule has 3 aliphatic carbocycles. The van der Waals surface area contributed by atoms with Crippen molar-refractivity contribution in [1.82, 2.24) is 0 Å². The molecule has 0 fully saturated rings. The van der Waals surface area contributed by atoms with Crippen LogP contribution in [0.25, 0.3) is 11.1 Å². The highest BCUT2D eigenvalue weighted by Gasteiger charge is 2.35. The minimum absolute atomic E-state index is 0.0246. The number of fused-ring (bicyclic) bond motifs is 3. The zero-order valence-electron chi connectivity index (χ0n) is 29.1. The molecule has 0 amide bonds. The first-order valence-electron chi connectivity index (χ1n) is 16.7. The number of carbonyl (C=O) groups excluding carboxylic acids is 1. The van der Waals surface area contributed by atoms with Gasteiger partial charge < -0.3 is 5.11 Å². The van der Waals surface area contributed by atoms with Gasteiger partial charge in [-0.05, 0) is 84.6 Å². The zero-order chi connectivity index (χ0) is 33.4. The van der Waals surface area contributed by atoms with E-state index in [4.69, 9.17) is 0 Å². The van der Waals surface area contributed by atoms with Crippen molar-refractivity contribution in [1.29, 1.82) is 0 Å². The summed E-state index contributed by atoms with van der Waals surface area (Å²) in [6.45, 7) is 23.3. The fourth-order valence-corrected chi connectivity index (χ4v) is 6.56. The Bertz CT molecular complexity index is 1580. The second-order valence-corrected chi connectivity index (χ2v) is 12.8. The van der Waals surface area contributed by atoms with Crippen LogP contribution in [0.2, 0.25) is 0 Å². The van der Waals surface area contributed by atoms with Gasteiger partial charge in [0.05, 0.1) is 6.10 Å². The van der Waals surface area contributed by atoms with E-state index in [0.29, 0.717) is 0 Å². The molecule has 1 atom stereocenters. The summed E-state index contributed by atoms with van der Waals surface area (Å²) in [7, 11) is 0. The van der Waals surface area contributed by atoms with E-state index in [2.05, 4.69) is 102 Å². The van der Waals surface area contributed by atoms with Gasteiger partial charge >= 0.3 is 0 Å². The summed E-state index contributed by atoms with van der Waals surface area (Å²) < 4.78 is 0. The van der Waals surface area contributed by atoms with Gasteiger partial charge in [-0.25, -0.2) is 0 Å². The lowest BCUT2D eigenvalue weighted by molar-refractivity contribution is -0.111. The molecule has 1 N–H and O–H groups in total. The summed E-state index contributed by atoms with van der Waals surface area (Å²) >= 11 is 0. The molecule has 0 radical (unpaired) electrons. The largest absolute Gasteiger partial charge is 0.389 e. The van der Waals surface area contributed by atoms with Gasteiger partial charge in [0.2, 0.25) is 0 Å². The average molecular weight is 603 g/mol.